The molecule has 4 rings (SSSR count). The largest absolute Gasteiger partial charge is 0.352 e. The average Bonchev–Trinajstić information content (AvgIpc) is 2.95. The molecule has 0 fully saturated rings. The zero-order valence-corrected chi connectivity index (χ0v) is 23.4. The first-order valence-electron chi connectivity index (χ1n) is 12.7. The molecule has 2 aromatic heterocycles. The summed E-state index contributed by atoms with van der Waals surface area (Å²) >= 11 is 12.2. The van der Waals surface area contributed by atoms with Crippen LogP contribution in [0.3, 0.4) is 0 Å². The van der Waals surface area contributed by atoms with Gasteiger partial charge >= 0.3 is 6.03 Å². The number of urea groups is 1. The van der Waals surface area contributed by atoms with E-state index in [2.05, 4.69) is 38.1 Å². The van der Waals surface area contributed by atoms with Crippen LogP contribution in [0.1, 0.15) is 48.7 Å². The van der Waals surface area contributed by atoms with Crippen molar-refractivity contribution in [1.29, 1.82) is 0 Å². The Hall–Kier alpha value is -4.21. The SMILES string of the molecule is CCCCNC(=O)c1cccc(-c2cccc(-c3cc(C(C)NC(=O)Nc4c(Cl)cncc4Cl)c(=O)[nH]n3)c2)c1. The molecule has 3 amide bonds. The molecule has 9 nitrogen and oxygen atoms in total. The Morgan fingerprint density at radius 3 is 2.38 bits per heavy atom. The van der Waals surface area contributed by atoms with Gasteiger partial charge in [0.2, 0.25) is 0 Å². The number of carbonyl (C=O) groups excluding carboxylic acids is 2. The minimum Gasteiger partial charge on any atom is -0.352 e. The highest BCUT2D eigenvalue weighted by atomic mass is 35.5. The summed E-state index contributed by atoms with van der Waals surface area (Å²) < 4.78 is 0. The first-order valence-corrected chi connectivity index (χ1v) is 13.5. The number of rotatable bonds is 9. The second kappa shape index (κ2) is 13.2. The third-order valence-corrected chi connectivity index (χ3v) is 6.74. The fourth-order valence-electron chi connectivity index (χ4n) is 4.02. The first-order chi connectivity index (χ1) is 19.3. The van der Waals surface area contributed by atoms with Crippen molar-refractivity contribution in [3.8, 4) is 22.4 Å². The number of hydrogen-bond donors (Lipinski definition) is 4. The lowest BCUT2D eigenvalue weighted by Crippen LogP contribution is -2.34. The third kappa shape index (κ3) is 7.05. The molecule has 0 aliphatic carbocycles. The van der Waals surface area contributed by atoms with Crippen molar-refractivity contribution in [2.75, 3.05) is 11.9 Å². The number of benzene rings is 2. The van der Waals surface area contributed by atoms with E-state index >= 15 is 0 Å². The van der Waals surface area contributed by atoms with E-state index in [4.69, 9.17) is 23.2 Å². The Morgan fingerprint density at radius 1 is 0.975 bits per heavy atom. The number of nitrogens with one attached hydrogen (secondary N) is 4. The molecule has 2 heterocycles. The summed E-state index contributed by atoms with van der Waals surface area (Å²) in [6.07, 6.45) is 4.65. The minimum absolute atomic E-state index is 0.114. The minimum atomic E-state index is -0.670. The van der Waals surface area contributed by atoms with Gasteiger partial charge < -0.3 is 16.0 Å². The second-order valence-electron chi connectivity index (χ2n) is 9.11. The standard InChI is InChI=1S/C29H28Cl2N6O3/c1-3-4-11-33-27(38)21-10-6-8-19(13-21)18-7-5-9-20(12-18)25-14-22(28(39)37-36-25)17(2)34-29(40)35-26-23(30)15-32-16-24(26)31/h5-10,12-17H,3-4,11H2,1-2H3,(H,33,38)(H,37,39)(H2,32,34,35,40). The molecule has 206 valence electrons. The van der Waals surface area contributed by atoms with Crippen molar-refractivity contribution in [3.05, 3.63) is 98.5 Å². The molecule has 0 radical (unpaired) electrons. The van der Waals surface area contributed by atoms with E-state index in [1.807, 2.05) is 42.5 Å². The lowest BCUT2D eigenvalue weighted by molar-refractivity contribution is 0.0953. The number of unbranched alkanes of at least 4 members (excludes halogenated alkanes) is 1. The van der Waals surface area contributed by atoms with Crippen LogP contribution in [0.5, 0.6) is 0 Å². The summed E-state index contributed by atoms with van der Waals surface area (Å²) in [6, 6.07) is 15.4. The molecule has 11 heteroatoms. The van der Waals surface area contributed by atoms with E-state index in [1.54, 1.807) is 19.1 Å². The quantitative estimate of drug-likeness (QED) is 0.175. The molecule has 0 saturated carbocycles. The van der Waals surface area contributed by atoms with Gasteiger partial charge in [0.25, 0.3) is 11.5 Å². The van der Waals surface area contributed by atoms with Crippen LogP contribution in [0, 0.1) is 0 Å². The molecule has 40 heavy (non-hydrogen) atoms. The Bertz CT molecular complexity index is 1570. The molecule has 4 N–H and O–H groups in total. The van der Waals surface area contributed by atoms with Gasteiger partial charge in [-0.15, -0.1) is 0 Å². The molecule has 1 atom stereocenters. The predicted molar refractivity (Wildman–Crippen MR) is 158 cm³/mol. The van der Waals surface area contributed by atoms with Crippen LogP contribution in [0.4, 0.5) is 10.5 Å². The molecule has 0 aliphatic rings. The van der Waals surface area contributed by atoms with Crippen LogP contribution >= 0.6 is 23.2 Å². The average molecular weight is 579 g/mol. The number of amides is 3. The maximum atomic E-state index is 12.6. The summed E-state index contributed by atoms with van der Waals surface area (Å²) in [5.74, 6) is -0.114. The number of anilines is 1. The zero-order chi connectivity index (χ0) is 28.6. The monoisotopic (exact) mass is 578 g/mol. The van der Waals surface area contributed by atoms with E-state index in [9.17, 15) is 14.4 Å². The zero-order valence-electron chi connectivity index (χ0n) is 21.9. The summed E-state index contributed by atoms with van der Waals surface area (Å²) in [7, 11) is 0. The number of hydrogen-bond acceptors (Lipinski definition) is 5. The molecule has 4 aromatic rings. The summed E-state index contributed by atoms with van der Waals surface area (Å²) in [5.41, 5.74) is 3.68. The van der Waals surface area contributed by atoms with Gasteiger partial charge in [0, 0.05) is 35.6 Å². The number of pyridine rings is 1. The van der Waals surface area contributed by atoms with Crippen LogP contribution in [-0.4, -0.2) is 33.7 Å². The maximum Gasteiger partial charge on any atom is 0.319 e. The van der Waals surface area contributed by atoms with Crippen molar-refractivity contribution in [2.24, 2.45) is 0 Å². The molecular weight excluding hydrogens is 551 g/mol. The lowest BCUT2D eigenvalue weighted by atomic mass is 9.99. The van der Waals surface area contributed by atoms with Crippen molar-refractivity contribution in [1.82, 2.24) is 25.8 Å². The van der Waals surface area contributed by atoms with Crippen molar-refractivity contribution < 1.29 is 9.59 Å². The van der Waals surface area contributed by atoms with Crippen molar-refractivity contribution in [3.63, 3.8) is 0 Å². The number of carbonyl (C=O) groups is 2. The summed E-state index contributed by atoms with van der Waals surface area (Å²) in [6.45, 7) is 4.39. The Morgan fingerprint density at radius 2 is 1.65 bits per heavy atom. The van der Waals surface area contributed by atoms with Gasteiger partial charge in [0.05, 0.1) is 27.5 Å². The van der Waals surface area contributed by atoms with Crippen LogP contribution in [-0.2, 0) is 0 Å². The number of aromatic amines is 1. The smallest absolute Gasteiger partial charge is 0.319 e. The predicted octanol–water partition coefficient (Wildman–Crippen LogP) is 6.22. The first kappa shape index (κ1) is 28.8. The van der Waals surface area contributed by atoms with Crippen molar-refractivity contribution >= 4 is 40.8 Å². The molecule has 0 spiro atoms. The van der Waals surface area contributed by atoms with E-state index in [-0.39, 0.29) is 21.6 Å². The fraction of sp³-hybridized carbons (Fsp3) is 0.207. The van der Waals surface area contributed by atoms with Crippen LogP contribution < -0.4 is 21.5 Å². The van der Waals surface area contributed by atoms with Gasteiger partial charge in [-0.3, -0.25) is 14.6 Å². The second-order valence-corrected chi connectivity index (χ2v) is 9.92. The molecule has 0 bridgehead atoms. The van der Waals surface area contributed by atoms with Crippen LogP contribution in [0.25, 0.3) is 22.4 Å². The van der Waals surface area contributed by atoms with Crippen LogP contribution in [0.2, 0.25) is 10.0 Å². The molecule has 0 saturated heterocycles. The van der Waals surface area contributed by atoms with Gasteiger partial charge in [0.15, 0.2) is 0 Å². The van der Waals surface area contributed by atoms with Gasteiger partial charge in [-0.25, -0.2) is 9.89 Å². The highest BCUT2D eigenvalue weighted by molar-refractivity contribution is 6.39. The van der Waals surface area contributed by atoms with Gasteiger partial charge in [-0.1, -0.05) is 66.9 Å². The van der Waals surface area contributed by atoms with E-state index in [1.165, 1.54) is 12.4 Å². The molecular formula is C29H28Cl2N6O3. The highest BCUT2D eigenvalue weighted by Gasteiger charge is 2.17. The fourth-order valence-corrected chi connectivity index (χ4v) is 4.48. The van der Waals surface area contributed by atoms with Gasteiger partial charge in [0.1, 0.15) is 0 Å². The summed E-state index contributed by atoms with van der Waals surface area (Å²) in [4.78, 5) is 41.6. The lowest BCUT2D eigenvalue weighted by Gasteiger charge is -2.16. The van der Waals surface area contributed by atoms with E-state index in [0.29, 0.717) is 23.4 Å². The highest BCUT2D eigenvalue weighted by Crippen LogP contribution is 2.29. The Balaban J connectivity index is 1.53. The Kier molecular flexibility index (Phi) is 9.52. The third-order valence-electron chi connectivity index (χ3n) is 6.17. The number of H-pyrrole nitrogens is 1. The number of aromatic nitrogens is 3. The normalized spacial score (nSPS) is 11.5. The Labute approximate surface area is 241 Å². The summed E-state index contributed by atoms with van der Waals surface area (Å²) in [5, 5.41) is 15.3. The topological polar surface area (TPSA) is 129 Å². The molecule has 0 aliphatic heterocycles. The number of halogens is 2. The maximum absolute atomic E-state index is 12.6. The molecule has 1 unspecified atom stereocenters. The van der Waals surface area contributed by atoms with E-state index < -0.39 is 17.6 Å². The van der Waals surface area contributed by atoms with E-state index in [0.717, 1.165) is 29.5 Å². The number of nitrogens with zero attached hydrogens (tertiary/aromatic N) is 2. The molecule has 2 aromatic carbocycles. The van der Waals surface area contributed by atoms with Crippen molar-refractivity contribution in [2.45, 2.75) is 32.7 Å². The van der Waals surface area contributed by atoms with Gasteiger partial charge in [-0.05, 0) is 48.7 Å². The van der Waals surface area contributed by atoms with Crippen LogP contribution in [0.15, 0.2) is 71.8 Å². The van der Waals surface area contributed by atoms with Gasteiger partial charge in [-0.2, -0.15) is 5.10 Å².